The van der Waals surface area contributed by atoms with Crippen molar-refractivity contribution in [2.45, 2.75) is 34.1 Å². The molecular weight excluding hydrogens is 474 g/mol. The summed E-state index contributed by atoms with van der Waals surface area (Å²) in [6.45, 7) is 7.79. The number of para-hydroxylation sites is 1. The first kappa shape index (κ1) is 25.1. The Morgan fingerprint density at radius 3 is 2.44 bits per heavy atom. The molecule has 1 fully saturated rings. The summed E-state index contributed by atoms with van der Waals surface area (Å²) in [4.78, 5) is 39.7. The molecule has 7 nitrogen and oxygen atoms in total. The van der Waals surface area contributed by atoms with Crippen LogP contribution in [0.1, 0.15) is 45.4 Å². The van der Waals surface area contributed by atoms with E-state index in [9.17, 15) is 14.4 Å². The monoisotopic (exact) mass is 501 g/mol. The summed E-state index contributed by atoms with van der Waals surface area (Å²) >= 11 is 5.36. The number of nitrogens with one attached hydrogen (secondary N) is 1. The Hall–Kier alpha value is -4.04. The molecule has 0 aliphatic carbocycles. The molecule has 0 unspecified atom stereocenters. The highest BCUT2D eigenvalue weighted by Gasteiger charge is 2.35. The van der Waals surface area contributed by atoms with Crippen LogP contribution in [-0.4, -0.2) is 34.6 Å². The lowest BCUT2D eigenvalue weighted by Crippen LogP contribution is -2.54. The number of methoxy groups -OCH3 is 1. The molecule has 0 radical (unpaired) electrons. The first-order chi connectivity index (χ1) is 17.2. The van der Waals surface area contributed by atoms with E-state index in [4.69, 9.17) is 17.0 Å². The molecule has 2 amide bonds. The highest BCUT2D eigenvalue weighted by Crippen LogP contribution is 2.29. The summed E-state index contributed by atoms with van der Waals surface area (Å²) in [5.74, 6) is -1.39. The molecule has 1 saturated heterocycles. The Balaban J connectivity index is 1.77. The fourth-order valence-corrected chi connectivity index (χ4v) is 4.79. The number of rotatable bonds is 5. The van der Waals surface area contributed by atoms with Gasteiger partial charge in [0, 0.05) is 17.1 Å². The van der Waals surface area contributed by atoms with Crippen LogP contribution in [0, 0.1) is 20.8 Å². The van der Waals surface area contributed by atoms with E-state index in [0.717, 1.165) is 33.8 Å². The molecule has 0 spiro atoms. The van der Waals surface area contributed by atoms with Gasteiger partial charge < -0.3 is 9.30 Å². The van der Waals surface area contributed by atoms with Gasteiger partial charge in [0.1, 0.15) is 5.57 Å². The predicted molar refractivity (Wildman–Crippen MR) is 143 cm³/mol. The number of carbonyl (C=O) groups excluding carboxylic acids is 3. The van der Waals surface area contributed by atoms with Crippen LogP contribution in [0.25, 0.3) is 11.8 Å². The molecule has 1 N–H and O–H groups in total. The van der Waals surface area contributed by atoms with Crippen LogP contribution in [0.2, 0.25) is 0 Å². The van der Waals surface area contributed by atoms with Gasteiger partial charge in [0.2, 0.25) is 0 Å². The molecule has 36 heavy (non-hydrogen) atoms. The molecule has 0 atom stereocenters. The van der Waals surface area contributed by atoms with Crippen LogP contribution in [0.15, 0.2) is 54.1 Å². The Morgan fingerprint density at radius 2 is 1.78 bits per heavy atom. The summed E-state index contributed by atoms with van der Waals surface area (Å²) in [5.41, 5.74) is 6.37. The van der Waals surface area contributed by atoms with Crippen molar-refractivity contribution >= 4 is 46.9 Å². The molecule has 1 aromatic heterocycles. The number of nitrogens with zero attached hydrogens (tertiary/aromatic N) is 2. The number of benzene rings is 2. The second-order valence-corrected chi connectivity index (χ2v) is 8.98. The van der Waals surface area contributed by atoms with Crippen molar-refractivity contribution < 1.29 is 19.1 Å². The number of ether oxygens (including phenoxy) is 1. The lowest BCUT2D eigenvalue weighted by Gasteiger charge is -2.30. The number of carbonyl (C=O) groups is 3. The van der Waals surface area contributed by atoms with E-state index in [1.807, 2.05) is 68.7 Å². The van der Waals surface area contributed by atoms with Gasteiger partial charge in [-0.05, 0) is 92.5 Å². The number of amides is 2. The second-order valence-electron chi connectivity index (χ2n) is 8.59. The molecule has 1 aliphatic rings. The van der Waals surface area contributed by atoms with E-state index in [0.29, 0.717) is 17.7 Å². The standard InChI is InChI=1S/C28H27N3O4S/c1-6-19-9-7-8-10-24(19)31-26(33)22(25(32)29-28(31)36)15-21-14-17(3)30(18(21)4)23-12-11-20(13-16(23)2)27(34)35-5/h7-15H,6H2,1-5H3,(H,29,32,36). The fourth-order valence-electron chi connectivity index (χ4n) is 4.52. The van der Waals surface area contributed by atoms with E-state index in [-0.39, 0.29) is 10.7 Å². The number of aryl methyl sites for hydroxylation is 3. The number of hydrogen-bond acceptors (Lipinski definition) is 5. The van der Waals surface area contributed by atoms with Gasteiger partial charge in [0.15, 0.2) is 5.11 Å². The lowest BCUT2D eigenvalue weighted by molar-refractivity contribution is -0.122. The van der Waals surface area contributed by atoms with Crippen molar-refractivity contribution in [1.82, 2.24) is 9.88 Å². The van der Waals surface area contributed by atoms with Crippen molar-refractivity contribution in [3.05, 3.63) is 87.7 Å². The topological polar surface area (TPSA) is 80.6 Å². The zero-order chi connectivity index (χ0) is 26.1. The van der Waals surface area contributed by atoms with Gasteiger partial charge in [0.05, 0.1) is 18.4 Å². The number of esters is 1. The van der Waals surface area contributed by atoms with E-state index in [1.165, 1.54) is 12.0 Å². The van der Waals surface area contributed by atoms with E-state index in [1.54, 1.807) is 18.2 Å². The molecule has 1 aliphatic heterocycles. The minimum absolute atomic E-state index is 0.00696. The Kier molecular flexibility index (Phi) is 6.90. The molecule has 4 rings (SSSR count). The predicted octanol–water partition coefficient (Wildman–Crippen LogP) is 4.58. The number of thiocarbonyl (C=S) groups is 1. The largest absolute Gasteiger partial charge is 0.465 e. The van der Waals surface area contributed by atoms with E-state index in [2.05, 4.69) is 5.32 Å². The lowest BCUT2D eigenvalue weighted by atomic mass is 10.0. The summed E-state index contributed by atoms with van der Waals surface area (Å²) in [5, 5.41) is 2.73. The molecule has 0 saturated carbocycles. The quantitative estimate of drug-likeness (QED) is 0.240. The van der Waals surface area contributed by atoms with Crippen LogP contribution >= 0.6 is 12.2 Å². The van der Waals surface area contributed by atoms with Crippen LogP contribution < -0.4 is 10.2 Å². The summed E-state index contributed by atoms with van der Waals surface area (Å²) in [6.07, 6.45) is 2.32. The third-order valence-electron chi connectivity index (χ3n) is 6.34. The van der Waals surface area contributed by atoms with E-state index >= 15 is 0 Å². The van der Waals surface area contributed by atoms with Crippen LogP contribution in [-0.2, 0) is 20.7 Å². The average Bonchev–Trinajstić information content (AvgIpc) is 3.13. The molecule has 184 valence electrons. The maximum atomic E-state index is 13.5. The molecule has 3 aromatic rings. The molecule has 8 heteroatoms. The van der Waals surface area contributed by atoms with Gasteiger partial charge in [-0.2, -0.15) is 0 Å². The molecule has 2 aromatic carbocycles. The van der Waals surface area contributed by atoms with Gasteiger partial charge in [0.25, 0.3) is 11.8 Å². The maximum absolute atomic E-state index is 13.5. The van der Waals surface area contributed by atoms with Crippen molar-refractivity contribution in [1.29, 1.82) is 0 Å². The van der Waals surface area contributed by atoms with Crippen molar-refractivity contribution in [2.24, 2.45) is 0 Å². The first-order valence-corrected chi connectivity index (χ1v) is 12.0. The van der Waals surface area contributed by atoms with Crippen molar-refractivity contribution in [2.75, 3.05) is 12.0 Å². The zero-order valence-corrected chi connectivity index (χ0v) is 21.7. The van der Waals surface area contributed by atoms with E-state index < -0.39 is 17.8 Å². The Labute approximate surface area is 215 Å². The van der Waals surface area contributed by atoms with Gasteiger partial charge in [-0.3, -0.25) is 19.8 Å². The van der Waals surface area contributed by atoms with Gasteiger partial charge >= 0.3 is 5.97 Å². The first-order valence-electron chi connectivity index (χ1n) is 11.6. The van der Waals surface area contributed by atoms with Crippen LogP contribution in [0.5, 0.6) is 0 Å². The summed E-state index contributed by atoms with van der Waals surface area (Å²) in [6, 6.07) is 14.8. The molecular formula is C28H27N3O4S. The third kappa shape index (κ3) is 4.35. The minimum atomic E-state index is -0.529. The number of hydrogen-bond donors (Lipinski definition) is 1. The van der Waals surface area contributed by atoms with Crippen molar-refractivity contribution in [3.63, 3.8) is 0 Å². The smallest absolute Gasteiger partial charge is 0.337 e. The Bertz CT molecular complexity index is 1450. The average molecular weight is 502 g/mol. The van der Waals surface area contributed by atoms with Crippen LogP contribution in [0.4, 0.5) is 5.69 Å². The zero-order valence-electron chi connectivity index (χ0n) is 20.8. The highest BCUT2D eigenvalue weighted by molar-refractivity contribution is 7.80. The molecule has 2 heterocycles. The van der Waals surface area contributed by atoms with Crippen molar-refractivity contribution in [3.8, 4) is 5.69 Å². The summed E-state index contributed by atoms with van der Waals surface area (Å²) in [7, 11) is 1.35. The minimum Gasteiger partial charge on any atom is -0.465 e. The fraction of sp³-hybridized carbons (Fsp3) is 0.214. The summed E-state index contributed by atoms with van der Waals surface area (Å²) < 4.78 is 6.85. The highest BCUT2D eigenvalue weighted by atomic mass is 32.1. The second kappa shape index (κ2) is 9.91. The molecule has 0 bridgehead atoms. The van der Waals surface area contributed by atoms with Gasteiger partial charge in [-0.1, -0.05) is 25.1 Å². The maximum Gasteiger partial charge on any atom is 0.337 e. The van der Waals surface area contributed by atoms with Gasteiger partial charge in [-0.25, -0.2) is 4.79 Å². The normalized spacial score (nSPS) is 14.9. The number of aromatic nitrogens is 1. The number of anilines is 1. The van der Waals surface area contributed by atoms with Crippen LogP contribution in [0.3, 0.4) is 0 Å². The van der Waals surface area contributed by atoms with Gasteiger partial charge in [-0.15, -0.1) is 0 Å². The SMILES string of the molecule is CCc1ccccc1N1C(=O)C(=Cc2cc(C)n(-c3ccc(C(=O)OC)cc3C)c2C)C(=O)NC1=S. The third-order valence-corrected chi connectivity index (χ3v) is 6.63. The Morgan fingerprint density at radius 1 is 1.06 bits per heavy atom.